The highest BCUT2D eigenvalue weighted by atomic mass is 32.1. The fraction of sp³-hybridized carbons (Fsp3) is 0.167. The Morgan fingerprint density at radius 2 is 2.13 bits per heavy atom. The number of hydrogen-bond donors (Lipinski definition) is 1. The van der Waals surface area contributed by atoms with Crippen LogP contribution in [0.4, 0.5) is 4.39 Å². The van der Waals surface area contributed by atoms with Crippen LogP contribution >= 0.6 is 11.3 Å². The summed E-state index contributed by atoms with van der Waals surface area (Å²) >= 11 is 1.60. The predicted octanol–water partition coefficient (Wildman–Crippen LogP) is 3.24. The summed E-state index contributed by atoms with van der Waals surface area (Å²) in [6.45, 7) is 1.76. The van der Waals surface area contributed by atoms with E-state index in [9.17, 15) is 4.39 Å². The summed E-state index contributed by atoms with van der Waals surface area (Å²) in [4.78, 5) is 0. The summed E-state index contributed by atoms with van der Waals surface area (Å²) < 4.78 is 13.3. The molecule has 1 aromatic carbocycles. The van der Waals surface area contributed by atoms with Crippen molar-refractivity contribution in [1.82, 2.24) is 0 Å². The molecule has 15 heavy (non-hydrogen) atoms. The summed E-state index contributed by atoms with van der Waals surface area (Å²) in [6, 6.07) is 6.77. The van der Waals surface area contributed by atoms with Gasteiger partial charge in [0.25, 0.3) is 0 Å². The quantitative estimate of drug-likeness (QED) is 0.827. The van der Waals surface area contributed by atoms with E-state index in [1.165, 1.54) is 6.07 Å². The number of thiophene rings is 1. The lowest BCUT2D eigenvalue weighted by molar-refractivity contribution is 0.613. The monoisotopic (exact) mass is 221 g/mol. The molecule has 78 valence electrons. The van der Waals surface area contributed by atoms with Crippen molar-refractivity contribution in [3.8, 4) is 0 Å². The molecule has 1 nitrogen and oxygen atoms in total. The first-order chi connectivity index (χ1) is 7.20. The molecule has 0 bridgehead atoms. The Bertz CT molecular complexity index is 451. The third-order valence-electron chi connectivity index (χ3n) is 2.55. The van der Waals surface area contributed by atoms with Crippen LogP contribution in [-0.4, -0.2) is 0 Å². The Morgan fingerprint density at radius 1 is 1.33 bits per heavy atom. The SMILES string of the molecule is Cc1c(F)cccc1[C@@H](N)c1ccsc1. The van der Waals surface area contributed by atoms with Crippen LogP contribution in [0.5, 0.6) is 0 Å². The molecule has 2 N–H and O–H groups in total. The fourth-order valence-corrected chi connectivity index (χ4v) is 2.29. The summed E-state index contributed by atoms with van der Waals surface area (Å²) in [6.07, 6.45) is 0. The van der Waals surface area contributed by atoms with Gasteiger partial charge in [0, 0.05) is 0 Å². The van der Waals surface area contributed by atoms with E-state index < -0.39 is 0 Å². The van der Waals surface area contributed by atoms with E-state index in [2.05, 4.69) is 0 Å². The molecule has 0 saturated heterocycles. The second-order valence-corrected chi connectivity index (χ2v) is 4.27. The zero-order valence-electron chi connectivity index (χ0n) is 8.41. The van der Waals surface area contributed by atoms with E-state index in [0.717, 1.165) is 11.1 Å². The standard InChI is InChI=1S/C12H12FNS/c1-8-10(3-2-4-11(8)13)12(14)9-5-6-15-7-9/h2-7,12H,14H2,1H3/t12-/m0/s1. The zero-order chi connectivity index (χ0) is 10.8. The number of halogens is 1. The lowest BCUT2D eigenvalue weighted by atomic mass is 9.97. The Labute approximate surface area is 92.4 Å². The molecule has 0 aliphatic heterocycles. The highest BCUT2D eigenvalue weighted by Crippen LogP contribution is 2.25. The minimum Gasteiger partial charge on any atom is -0.320 e. The van der Waals surface area contributed by atoms with Gasteiger partial charge in [-0.15, -0.1) is 0 Å². The van der Waals surface area contributed by atoms with Crippen LogP contribution in [0.25, 0.3) is 0 Å². The van der Waals surface area contributed by atoms with Crippen LogP contribution in [0.15, 0.2) is 35.0 Å². The van der Waals surface area contributed by atoms with Crippen molar-refractivity contribution in [3.63, 3.8) is 0 Å². The van der Waals surface area contributed by atoms with Crippen LogP contribution in [-0.2, 0) is 0 Å². The Kier molecular flexibility index (Phi) is 2.84. The highest BCUT2D eigenvalue weighted by Gasteiger charge is 2.13. The maximum Gasteiger partial charge on any atom is 0.126 e. The van der Waals surface area contributed by atoms with E-state index in [1.807, 2.05) is 22.9 Å². The van der Waals surface area contributed by atoms with Gasteiger partial charge in [0.2, 0.25) is 0 Å². The van der Waals surface area contributed by atoms with Gasteiger partial charge in [-0.3, -0.25) is 0 Å². The average Bonchev–Trinajstić information content (AvgIpc) is 2.74. The Morgan fingerprint density at radius 3 is 2.80 bits per heavy atom. The van der Waals surface area contributed by atoms with Gasteiger partial charge in [0.05, 0.1) is 6.04 Å². The molecule has 1 atom stereocenters. The van der Waals surface area contributed by atoms with Gasteiger partial charge >= 0.3 is 0 Å². The van der Waals surface area contributed by atoms with Gasteiger partial charge in [-0.1, -0.05) is 12.1 Å². The average molecular weight is 221 g/mol. The lowest BCUT2D eigenvalue weighted by Gasteiger charge is -2.13. The van der Waals surface area contributed by atoms with Crippen LogP contribution in [0.3, 0.4) is 0 Å². The van der Waals surface area contributed by atoms with Gasteiger partial charge in [-0.05, 0) is 46.5 Å². The molecule has 0 unspecified atom stereocenters. The van der Waals surface area contributed by atoms with Crippen molar-refractivity contribution in [2.24, 2.45) is 5.73 Å². The number of hydrogen-bond acceptors (Lipinski definition) is 2. The van der Waals surface area contributed by atoms with Crippen LogP contribution in [0.1, 0.15) is 22.7 Å². The summed E-state index contributed by atoms with van der Waals surface area (Å²) in [5.41, 5.74) is 8.60. The van der Waals surface area contributed by atoms with E-state index in [4.69, 9.17) is 5.73 Å². The summed E-state index contributed by atoms with van der Waals surface area (Å²) in [5, 5.41) is 3.97. The molecule has 1 heterocycles. The molecule has 0 fully saturated rings. The molecular weight excluding hydrogens is 209 g/mol. The van der Waals surface area contributed by atoms with Crippen molar-refractivity contribution < 1.29 is 4.39 Å². The number of rotatable bonds is 2. The van der Waals surface area contributed by atoms with Gasteiger partial charge in [-0.25, -0.2) is 4.39 Å². The molecule has 1 aromatic heterocycles. The molecular formula is C12H12FNS. The maximum absolute atomic E-state index is 13.3. The summed E-state index contributed by atoms with van der Waals surface area (Å²) in [7, 11) is 0. The van der Waals surface area contributed by atoms with Crippen LogP contribution in [0.2, 0.25) is 0 Å². The zero-order valence-corrected chi connectivity index (χ0v) is 9.22. The van der Waals surface area contributed by atoms with Crippen molar-refractivity contribution in [2.75, 3.05) is 0 Å². The topological polar surface area (TPSA) is 26.0 Å². The number of nitrogens with two attached hydrogens (primary N) is 1. The van der Waals surface area contributed by atoms with Gasteiger partial charge < -0.3 is 5.73 Å². The van der Waals surface area contributed by atoms with E-state index in [0.29, 0.717) is 5.56 Å². The smallest absolute Gasteiger partial charge is 0.126 e. The summed E-state index contributed by atoms with van der Waals surface area (Å²) in [5.74, 6) is -0.196. The second kappa shape index (κ2) is 4.13. The molecule has 0 amide bonds. The van der Waals surface area contributed by atoms with Crippen molar-refractivity contribution in [3.05, 3.63) is 57.5 Å². The van der Waals surface area contributed by atoms with Crippen LogP contribution in [0, 0.1) is 12.7 Å². The third-order valence-corrected chi connectivity index (χ3v) is 3.25. The maximum atomic E-state index is 13.3. The molecule has 0 aliphatic carbocycles. The minimum absolute atomic E-state index is 0.196. The fourth-order valence-electron chi connectivity index (χ4n) is 1.59. The van der Waals surface area contributed by atoms with Gasteiger partial charge in [0.15, 0.2) is 0 Å². The molecule has 0 spiro atoms. The van der Waals surface area contributed by atoms with E-state index >= 15 is 0 Å². The first-order valence-electron chi connectivity index (χ1n) is 4.73. The van der Waals surface area contributed by atoms with Crippen molar-refractivity contribution in [2.45, 2.75) is 13.0 Å². The van der Waals surface area contributed by atoms with Crippen molar-refractivity contribution in [1.29, 1.82) is 0 Å². The minimum atomic E-state index is -0.230. The second-order valence-electron chi connectivity index (χ2n) is 3.49. The molecule has 2 aromatic rings. The van der Waals surface area contributed by atoms with Crippen molar-refractivity contribution >= 4 is 11.3 Å². The van der Waals surface area contributed by atoms with E-state index in [-0.39, 0.29) is 11.9 Å². The van der Waals surface area contributed by atoms with E-state index in [1.54, 1.807) is 24.3 Å². The Hall–Kier alpha value is -1.19. The molecule has 2 rings (SSSR count). The largest absolute Gasteiger partial charge is 0.320 e. The first kappa shape index (κ1) is 10.3. The molecule has 0 aliphatic rings. The lowest BCUT2D eigenvalue weighted by Crippen LogP contribution is -2.12. The third kappa shape index (κ3) is 1.94. The first-order valence-corrected chi connectivity index (χ1v) is 5.67. The van der Waals surface area contributed by atoms with Crippen LogP contribution < -0.4 is 5.73 Å². The number of benzene rings is 1. The predicted molar refractivity (Wildman–Crippen MR) is 61.5 cm³/mol. The highest BCUT2D eigenvalue weighted by molar-refractivity contribution is 7.08. The van der Waals surface area contributed by atoms with Gasteiger partial charge in [-0.2, -0.15) is 11.3 Å². The van der Waals surface area contributed by atoms with Gasteiger partial charge in [0.1, 0.15) is 5.82 Å². The molecule has 0 radical (unpaired) electrons. The molecule has 0 saturated carbocycles. The Balaban J connectivity index is 2.42. The normalized spacial score (nSPS) is 12.7. The molecule has 3 heteroatoms.